The molecule has 0 saturated heterocycles. The second-order valence-electron chi connectivity index (χ2n) is 6.10. The van der Waals surface area contributed by atoms with Gasteiger partial charge in [0, 0.05) is 18.9 Å². The molecule has 2 heterocycles. The van der Waals surface area contributed by atoms with E-state index in [2.05, 4.69) is 23.4 Å². The van der Waals surface area contributed by atoms with Crippen LogP contribution in [0.3, 0.4) is 0 Å². The van der Waals surface area contributed by atoms with Gasteiger partial charge in [0.25, 0.3) is 0 Å². The first kappa shape index (κ1) is 13.9. The first-order valence-electron chi connectivity index (χ1n) is 7.54. The van der Waals surface area contributed by atoms with Crippen LogP contribution in [0.25, 0.3) is 5.65 Å². The summed E-state index contributed by atoms with van der Waals surface area (Å²) in [4.78, 5) is 4.59. The monoisotopic (exact) mass is 291 g/mol. The highest BCUT2D eigenvalue weighted by atomic mass is 35.5. The van der Waals surface area contributed by atoms with Gasteiger partial charge in [0.15, 0.2) is 0 Å². The van der Waals surface area contributed by atoms with Gasteiger partial charge < -0.3 is 9.72 Å². The van der Waals surface area contributed by atoms with Crippen LogP contribution in [0, 0.1) is 11.8 Å². The average molecular weight is 292 g/mol. The van der Waals surface area contributed by atoms with Gasteiger partial charge in [-0.1, -0.05) is 31.4 Å². The topological polar surface area (TPSA) is 29.3 Å². The molecule has 0 aromatic carbocycles. The van der Waals surface area contributed by atoms with Crippen molar-refractivity contribution in [3.8, 4) is 0 Å². The second kappa shape index (κ2) is 6.15. The lowest BCUT2D eigenvalue weighted by atomic mass is 9.83. The SMILES string of the molecule is CC1CCC(CNCc2cn3cc(Cl)ccc3n2)CC1. The maximum atomic E-state index is 5.98. The number of fused-ring (bicyclic) bond motifs is 1. The minimum Gasteiger partial charge on any atom is -0.311 e. The highest BCUT2D eigenvalue weighted by Gasteiger charge is 2.17. The Morgan fingerprint density at radius 3 is 2.85 bits per heavy atom. The average Bonchev–Trinajstić information content (AvgIpc) is 2.83. The zero-order valence-corrected chi connectivity index (χ0v) is 12.7. The molecule has 0 spiro atoms. The molecule has 0 radical (unpaired) electrons. The molecule has 2 aromatic rings. The number of halogens is 1. The largest absolute Gasteiger partial charge is 0.311 e. The molecule has 0 aliphatic heterocycles. The third kappa shape index (κ3) is 3.33. The van der Waals surface area contributed by atoms with E-state index in [1.54, 1.807) is 0 Å². The summed E-state index contributed by atoms with van der Waals surface area (Å²) in [7, 11) is 0. The second-order valence-corrected chi connectivity index (χ2v) is 6.54. The number of nitrogens with zero attached hydrogens (tertiary/aromatic N) is 2. The number of rotatable bonds is 4. The molecule has 3 nitrogen and oxygen atoms in total. The molecule has 1 aliphatic carbocycles. The zero-order chi connectivity index (χ0) is 13.9. The third-order valence-electron chi connectivity index (χ3n) is 4.34. The van der Waals surface area contributed by atoms with E-state index in [-0.39, 0.29) is 0 Å². The van der Waals surface area contributed by atoms with E-state index in [4.69, 9.17) is 11.6 Å². The number of aromatic nitrogens is 2. The van der Waals surface area contributed by atoms with Crippen molar-refractivity contribution >= 4 is 17.2 Å². The summed E-state index contributed by atoms with van der Waals surface area (Å²) in [5, 5.41) is 4.29. The molecule has 0 unspecified atom stereocenters. The van der Waals surface area contributed by atoms with Gasteiger partial charge in [-0.3, -0.25) is 0 Å². The van der Waals surface area contributed by atoms with Crippen molar-refractivity contribution in [1.29, 1.82) is 0 Å². The molecule has 1 aliphatic rings. The Morgan fingerprint density at radius 1 is 1.25 bits per heavy atom. The van der Waals surface area contributed by atoms with Crippen molar-refractivity contribution in [2.24, 2.45) is 11.8 Å². The number of pyridine rings is 1. The molecule has 1 fully saturated rings. The molecule has 108 valence electrons. The van der Waals surface area contributed by atoms with Crippen LogP contribution < -0.4 is 5.32 Å². The van der Waals surface area contributed by atoms with Crippen LogP contribution in [0.2, 0.25) is 5.02 Å². The zero-order valence-electron chi connectivity index (χ0n) is 12.0. The minimum atomic E-state index is 0.741. The predicted molar refractivity (Wildman–Crippen MR) is 83.0 cm³/mol. The van der Waals surface area contributed by atoms with Gasteiger partial charge in [-0.05, 0) is 43.4 Å². The number of hydrogen-bond acceptors (Lipinski definition) is 2. The van der Waals surface area contributed by atoms with Crippen LogP contribution in [0.15, 0.2) is 24.5 Å². The van der Waals surface area contributed by atoms with E-state index in [1.165, 1.54) is 25.7 Å². The van der Waals surface area contributed by atoms with Crippen LogP contribution in [-0.4, -0.2) is 15.9 Å². The molecule has 20 heavy (non-hydrogen) atoms. The summed E-state index contributed by atoms with van der Waals surface area (Å²) >= 11 is 5.98. The Bertz CT molecular complexity index is 570. The van der Waals surface area contributed by atoms with Crippen molar-refractivity contribution in [3.63, 3.8) is 0 Å². The number of hydrogen-bond donors (Lipinski definition) is 1. The van der Waals surface area contributed by atoms with E-state index in [1.807, 2.05) is 22.7 Å². The molecular weight excluding hydrogens is 270 g/mol. The first-order chi connectivity index (χ1) is 9.70. The van der Waals surface area contributed by atoms with Crippen LogP contribution in [0.4, 0.5) is 0 Å². The summed E-state index contributed by atoms with van der Waals surface area (Å²) in [6.07, 6.45) is 9.47. The summed E-state index contributed by atoms with van der Waals surface area (Å²) in [6, 6.07) is 3.83. The summed E-state index contributed by atoms with van der Waals surface area (Å²) in [5.74, 6) is 1.77. The lowest BCUT2D eigenvalue weighted by molar-refractivity contribution is 0.281. The van der Waals surface area contributed by atoms with Gasteiger partial charge in [-0.25, -0.2) is 4.98 Å². The third-order valence-corrected chi connectivity index (χ3v) is 4.56. The lowest BCUT2D eigenvalue weighted by Crippen LogP contribution is -2.25. The maximum absolute atomic E-state index is 5.98. The van der Waals surface area contributed by atoms with Gasteiger partial charge >= 0.3 is 0 Å². The molecule has 2 aromatic heterocycles. The Balaban J connectivity index is 1.52. The summed E-state index contributed by atoms with van der Waals surface area (Å²) < 4.78 is 1.99. The molecule has 1 saturated carbocycles. The van der Waals surface area contributed by atoms with Crippen LogP contribution in [0.5, 0.6) is 0 Å². The summed E-state index contributed by atoms with van der Waals surface area (Å²) in [5.41, 5.74) is 2.04. The van der Waals surface area contributed by atoms with E-state index in [0.29, 0.717) is 0 Å². The Kier molecular flexibility index (Phi) is 4.27. The fraction of sp³-hybridized carbons (Fsp3) is 0.562. The van der Waals surface area contributed by atoms with Crippen molar-refractivity contribution in [3.05, 3.63) is 35.2 Å². The number of imidazole rings is 1. The Morgan fingerprint density at radius 2 is 2.05 bits per heavy atom. The molecule has 0 atom stereocenters. The first-order valence-corrected chi connectivity index (χ1v) is 7.92. The quantitative estimate of drug-likeness (QED) is 0.925. The minimum absolute atomic E-state index is 0.741. The Hall–Kier alpha value is -1.06. The van der Waals surface area contributed by atoms with Crippen molar-refractivity contribution in [2.45, 2.75) is 39.2 Å². The van der Waals surface area contributed by atoms with Gasteiger partial charge in [-0.15, -0.1) is 0 Å². The van der Waals surface area contributed by atoms with Crippen LogP contribution >= 0.6 is 11.6 Å². The van der Waals surface area contributed by atoms with Crippen molar-refractivity contribution < 1.29 is 0 Å². The smallest absolute Gasteiger partial charge is 0.137 e. The number of nitrogens with one attached hydrogen (secondary N) is 1. The van der Waals surface area contributed by atoms with Gasteiger partial charge in [0.2, 0.25) is 0 Å². The van der Waals surface area contributed by atoms with Gasteiger partial charge in [0.1, 0.15) is 5.65 Å². The van der Waals surface area contributed by atoms with Crippen LogP contribution in [-0.2, 0) is 6.54 Å². The highest BCUT2D eigenvalue weighted by Crippen LogP contribution is 2.27. The maximum Gasteiger partial charge on any atom is 0.137 e. The van der Waals surface area contributed by atoms with E-state index < -0.39 is 0 Å². The van der Waals surface area contributed by atoms with Crippen LogP contribution in [0.1, 0.15) is 38.3 Å². The van der Waals surface area contributed by atoms with E-state index in [9.17, 15) is 0 Å². The fourth-order valence-corrected chi connectivity index (χ4v) is 3.21. The molecule has 1 N–H and O–H groups in total. The molecule has 0 bridgehead atoms. The fourth-order valence-electron chi connectivity index (χ4n) is 3.04. The Labute approximate surface area is 125 Å². The van der Waals surface area contributed by atoms with Gasteiger partial charge in [0.05, 0.1) is 10.7 Å². The molecule has 3 rings (SSSR count). The predicted octanol–water partition coefficient (Wildman–Crippen LogP) is 3.90. The normalized spacial score (nSPS) is 23.3. The molecule has 4 heteroatoms. The van der Waals surface area contributed by atoms with Crippen molar-refractivity contribution in [1.82, 2.24) is 14.7 Å². The standard InChI is InChI=1S/C16H22ClN3/c1-12-2-4-13(5-3-12)8-18-9-15-11-20-10-14(17)6-7-16(20)19-15/h6-7,10-13,18H,2-5,8-9H2,1H3. The molecule has 0 amide bonds. The molecular formula is C16H22ClN3. The lowest BCUT2D eigenvalue weighted by Gasteiger charge is -2.26. The summed E-state index contributed by atoms with van der Waals surface area (Å²) in [6.45, 7) is 4.32. The van der Waals surface area contributed by atoms with E-state index >= 15 is 0 Å². The van der Waals surface area contributed by atoms with Gasteiger partial charge in [-0.2, -0.15) is 0 Å². The highest BCUT2D eigenvalue weighted by molar-refractivity contribution is 6.30. The van der Waals surface area contributed by atoms with E-state index in [0.717, 1.165) is 41.3 Å². The van der Waals surface area contributed by atoms with Crippen molar-refractivity contribution in [2.75, 3.05) is 6.54 Å².